The van der Waals surface area contributed by atoms with E-state index >= 15 is 0 Å². The minimum atomic E-state index is 0.818. The molecule has 214 valence electrons. The molecule has 3 aromatic heterocycles. The molecular weight excluding hydrogens is 558 g/mol. The lowest BCUT2D eigenvalue weighted by Gasteiger charge is -2.11. The molecule has 0 saturated carbocycles. The summed E-state index contributed by atoms with van der Waals surface area (Å²) in [5, 5.41) is 2.64. The third-order valence-electron chi connectivity index (χ3n) is 8.96. The van der Waals surface area contributed by atoms with Crippen molar-refractivity contribution >= 4 is 10.8 Å². The van der Waals surface area contributed by atoms with Gasteiger partial charge in [-0.2, -0.15) is 0 Å². The summed E-state index contributed by atoms with van der Waals surface area (Å²) in [5.41, 5.74) is 15.4. The largest absolute Gasteiger partial charge is 0.255 e. The Hall–Kier alpha value is -6.19. The highest BCUT2D eigenvalue weighted by Crippen LogP contribution is 2.49. The topological polar surface area (TPSA) is 38.7 Å². The standard InChI is InChI=1S/C43H27N3/c1-2-9-28(10-3-1)32-25-41(39-15-6-7-24-44-39)46-42(26-32)40-23-20-31(27-45-40)29-16-18-30(19-17-29)33-21-22-38-35-12-5-4-11-34(35)37-14-8-13-36(33)43(37)38/h1-27H. The van der Waals surface area contributed by atoms with E-state index in [-0.39, 0.29) is 0 Å². The molecule has 0 N–H and O–H groups in total. The Labute approximate surface area is 267 Å². The molecule has 0 amide bonds. The van der Waals surface area contributed by atoms with Gasteiger partial charge in [-0.15, -0.1) is 0 Å². The van der Waals surface area contributed by atoms with Crippen LogP contribution in [0.3, 0.4) is 0 Å². The van der Waals surface area contributed by atoms with E-state index in [1.807, 2.05) is 30.5 Å². The summed E-state index contributed by atoms with van der Waals surface area (Å²) < 4.78 is 0. The summed E-state index contributed by atoms with van der Waals surface area (Å²) in [6, 6.07) is 53.4. The summed E-state index contributed by atoms with van der Waals surface area (Å²) in [5.74, 6) is 0. The van der Waals surface area contributed by atoms with E-state index in [0.29, 0.717) is 0 Å². The van der Waals surface area contributed by atoms with Crippen LogP contribution in [0.25, 0.3) is 89.2 Å². The highest BCUT2D eigenvalue weighted by molar-refractivity contribution is 6.18. The second-order valence-corrected chi connectivity index (χ2v) is 11.7. The van der Waals surface area contributed by atoms with E-state index in [1.54, 1.807) is 6.20 Å². The second kappa shape index (κ2) is 10.8. The van der Waals surface area contributed by atoms with Gasteiger partial charge < -0.3 is 0 Å². The molecule has 8 aromatic rings. The number of pyridine rings is 3. The van der Waals surface area contributed by atoms with Crippen LogP contribution in [-0.2, 0) is 0 Å². The van der Waals surface area contributed by atoms with Crippen molar-refractivity contribution in [2.75, 3.05) is 0 Å². The average Bonchev–Trinajstić information content (AvgIpc) is 3.47. The van der Waals surface area contributed by atoms with Crippen LogP contribution in [0, 0.1) is 0 Å². The van der Waals surface area contributed by atoms with Gasteiger partial charge in [-0.1, -0.05) is 121 Å². The number of hydrogen-bond donors (Lipinski definition) is 0. The Morgan fingerprint density at radius 3 is 1.65 bits per heavy atom. The SMILES string of the molecule is c1ccc(-c2cc(-c3ccccn3)nc(-c3ccc(-c4ccc(-c5ccc6c7c(cccc57)-c5ccccc5-6)cc4)cn3)c2)cc1. The van der Waals surface area contributed by atoms with E-state index in [4.69, 9.17) is 9.97 Å². The normalized spacial score (nSPS) is 11.5. The van der Waals surface area contributed by atoms with E-state index in [2.05, 4.69) is 132 Å². The highest BCUT2D eigenvalue weighted by Gasteiger charge is 2.22. The highest BCUT2D eigenvalue weighted by atomic mass is 14.8. The Kier molecular flexibility index (Phi) is 6.14. The molecule has 0 bridgehead atoms. The molecule has 3 nitrogen and oxygen atoms in total. The molecule has 0 spiro atoms. The maximum Gasteiger partial charge on any atom is 0.0900 e. The van der Waals surface area contributed by atoms with Crippen molar-refractivity contribution < 1.29 is 0 Å². The molecule has 0 unspecified atom stereocenters. The summed E-state index contributed by atoms with van der Waals surface area (Å²) in [6.45, 7) is 0. The van der Waals surface area contributed by atoms with Crippen molar-refractivity contribution in [2.24, 2.45) is 0 Å². The Morgan fingerprint density at radius 2 is 0.935 bits per heavy atom. The molecule has 3 heteroatoms. The number of aromatic nitrogens is 3. The van der Waals surface area contributed by atoms with Crippen molar-refractivity contribution in [3.05, 3.63) is 164 Å². The predicted octanol–water partition coefficient (Wildman–Crippen LogP) is 11.0. The molecule has 3 heterocycles. The summed E-state index contributed by atoms with van der Waals surface area (Å²) in [6.07, 6.45) is 3.74. The number of benzene rings is 5. The van der Waals surface area contributed by atoms with Crippen molar-refractivity contribution in [2.45, 2.75) is 0 Å². The van der Waals surface area contributed by atoms with Crippen LogP contribution in [0.1, 0.15) is 0 Å². The molecular formula is C43H27N3. The zero-order valence-corrected chi connectivity index (χ0v) is 24.9. The number of nitrogens with zero attached hydrogens (tertiary/aromatic N) is 3. The van der Waals surface area contributed by atoms with Crippen LogP contribution in [0.4, 0.5) is 0 Å². The van der Waals surface area contributed by atoms with Gasteiger partial charge in [0.15, 0.2) is 0 Å². The number of hydrogen-bond acceptors (Lipinski definition) is 3. The third-order valence-corrected chi connectivity index (χ3v) is 8.96. The molecule has 0 atom stereocenters. The van der Waals surface area contributed by atoms with Gasteiger partial charge in [-0.3, -0.25) is 9.97 Å². The molecule has 46 heavy (non-hydrogen) atoms. The number of fused-ring (bicyclic) bond motifs is 3. The third kappa shape index (κ3) is 4.41. The molecule has 0 fully saturated rings. The maximum atomic E-state index is 4.98. The lowest BCUT2D eigenvalue weighted by molar-refractivity contribution is 1.22. The first-order valence-corrected chi connectivity index (χ1v) is 15.5. The van der Waals surface area contributed by atoms with Gasteiger partial charge in [0.25, 0.3) is 0 Å². The van der Waals surface area contributed by atoms with Crippen LogP contribution in [0.2, 0.25) is 0 Å². The van der Waals surface area contributed by atoms with Gasteiger partial charge >= 0.3 is 0 Å². The van der Waals surface area contributed by atoms with E-state index < -0.39 is 0 Å². The van der Waals surface area contributed by atoms with Crippen LogP contribution >= 0.6 is 0 Å². The van der Waals surface area contributed by atoms with Gasteiger partial charge in [0, 0.05) is 18.0 Å². The summed E-state index contributed by atoms with van der Waals surface area (Å²) >= 11 is 0. The first kappa shape index (κ1) is 26.2. The maximum absolute atomic E-state index is 4.98. The quantitative estimate of drug-likeness (QED) is 0.202. The van der Waals surface area contributed by atoms with Crippen molar-refractivity contribution in [3.63, 3.8) is 0 Å². The number of rotatable bonds is 5. The van der Waals surface area contributed by atoms with E-state index in [0.717, 1.165) is 45.0 Å². The van der Waals surface area contributed by atoms with Crippen LogP contribution in [0.5, 0.6) is 0 Å². The van der Waals surface area contributed by atoms with Crippen molar-refractivity contribution in [1.82, 2.24) is 15.0 Å². The minimum Gasteiger partial charge on any atom is -0.255 e. The molecule has 0 aliphatic heterocycles. The van der Waals surface area contributed by atoms with Crippen LogP contribution in [0.15, 0.2) is 164 Å². The fraction of sp³-hybridized carbons (Fsp3) is 0. The second-order valence-electron chi connectivity index (χ2n) is 11.7. The Morgan fingerprint density at radius 1 is 0.326 bits per heavy atom. The fourth-order valence-corrected chi connectivity index (χ4v) is 6.72. The zero-order chi connectivity index (χ0) is 30.5. The van der Waals surface area contributed by atoms with Gasteiger partial charge in [0.2, 0.25) is 0 Å². The Bertz CT molecular complexity index is 2290. The minimum absolute atomic E-state index is 0.818. The monoisotopic (exact) mass is 585 g/mol. The van der Waals surface area contributed by atoms with Gasteiger partial charge in [-0.25, -0.2) is 4.98 Å². The zero-order valence-electron chi connectivity index (χ0n) is 24.9. The lowest BCUT2D eigenvalue weighted by atomic mass is 9.93. The molecule has 0 saturated heterocycles. The van der Waals surface area contributed by atoms with Crippen LogP contribution in [-0.4, -0.2) is 15.0 Å². The lowest BCUT2D eigenvalue weighted by Crippen LogP contribution is -1.94. The molecule has 1 aliphatic rings. The average molecular weight is 586 g/mol. The van der Waals surface area contributed by atoms with Gasteiger partial charge in [0.05, 0.1) is 22.8 Å². The van der Waals surface area contributed by atoms with Crippen LogP contribution < -0.4 is 0 Å². The smallest absolute Gasteiger partial charge is 0.0900 e. The molecule has 9 rings (SSSR count). The van der Waals surface area contributed by atoms with Crippen molar-refractivity contribution in [3.8, 4) is 78.4 Å². The first-order chi connectivity index (χ1) is 22.8. The van der Waals surface area contributed by atoms with Gasteiger partial charge in [-0.05, 0) is 91.2 Å². The van der Waals surface area contributed by atoms with Crippen molar-refractivity contribution in [1.29, 1.82) is 0 Å². The van der Waals surface area contributed by atoms with E-state index in [9.17, 15) is 0 Å². The predicted molar refractivity (Wildman–Crippen MR) is 189 cm³/mol. The summed E-state index contributed by atoms with van der Waals surface area (Å²) in [7, 11) is 0. The summed E-state index contributed by atoms with van der Waals surface area (Å²) in [4.78, 5) is 14.4. The fourth-order valence-electron chi connectivity index (χ4n) is 6.72. The first-order valence-electron chi connectivity index (χ1n) is 15.5. The van der Waals surface area contributed by atoms with E-state index in [1.165, 1.54) is 44.2 Å². The Balaban J connectivity index is 1.05. The molecule has 1 aliphatic carbocycles. The molecule has 0 radical (unpaired) electrons. The van der Waals surface area contributed by atoms with Gasteiger partial charge in [0.1, 0.15) is 0 Å². The molecule has 5 aromatic carbocycles.